The molecule has 0 saturated heterocycles. The number of nitrogens with zero attached hydrogens (tertiary/aromatic N) is 5. The third-order valence-corrected chi connectivity index (χ3v) is 6.19. The van der Waals surface area contributed by atoms with Gasteiger partial charge in [0.15, 0.2) is 0 Å². The van der Waals surface area contributed by atoms with Crippen LogP contribution in [-0.2, 0) is 0 Å². The topological polar surface area (TPSA) is 79.7 Å². The number of hydrogen-bond donors (Lipinski definition) is 1. The maximum Gasteiger partial charge on any atom is 0.258 e. The molecule has 5 aromatic rings. The van der Waals surface area contributed by atoms with E-state index in [9.17, 15) is 4.79 Å². The van der Waals surface area contributed by atoms with E-state index in [0.717, 1.165) is 34.3 Å². The minimum Gasteiger partial charge on any atom is -0.346 e. The first-order valence-electron chi connectivity index (χ1n) is 11.2. The number of carbonyl (C=O) groups is 1. The van der Waals surface area contributed by atoms with E-state index in [1.165, 1.54) is 5.57 Å². The number of fused-ring (bicyclic) bond motifs is 1. The summed E-state index contributed by atoms with van der Waals surface area (Å²) in [5.74, 6) is -0.0306. The van der Waals surface area contributed by atoms with Crippen molar-refractivity contribution >= 4 is 22.5 Å². The molecule has 0 atom stereocenters. The first-order valence-corrected chi connectivity index (χ1v) is 11.2. The van der Waals surface area contributed by atoms with E-state index in [1.807, 2.05) is 65.8 Å². The fraction of sp³-hybridized carbons (Fsp3) is 0.111. The Kier molecular flexibility index (Phi) is 4.99. The van der Waals surface area contributed by atoms with Crippen LogP contribution >= 0.6 is 0 Å². The molecule has 6 rings (SSSR count). The molecule has 1 aromatic carbocycles. The lowest BCUT2D eigenvalue weighted by Gasteiger charge is -2.26. The second kappa shape index (κ2) is 8.44. The number of nitrogens with one attached hydrogen (secondary N) is 1. The van der Waals surface area contributed by atoms with Gasteiger partial charge in [-0.1, -0.05) is 24.3 Å². The quantitative estimate of drug-likeness (QED) is 0.432. The molecule has 0 unspecified atom stereocenters. The van der Waals surface area contributed by atoms with E-state index in [1.54, 1.807) is 23.3 Å². The van der Waals surface area contributed by atoms with Crippen LogP contribution in [0.4, 0.5) is 0 Å². The van der Waals surface area contributed by atoms with Gasteiger partial charge in [-0.15, -0.1) is 0 Å². The largest absolute Gasteiger partial charge is 0.346 e. The number of H-pyrrole nitrogens is 1. The van der Waals surface area contributed by atoms with Crippen molar-refractivity contribution in [1.29, 1.82) is 0 Å². The van der Waals surface area contributed by atoms with Crippen molar-refractivity contribution in [2.75, 3.05) is 13.1 Å². The van der Waals surface area contributed by atoms with E-state index in [4.69, 9.17) is 5.10 Å². The summed E-state index contributed by atoms with van der Waals surface area (Å²) in [7, 11) is 0. The van der Waals surface area contributed by atoms with Gasteiger partial charge in [0.1, 0.15) is 11.3 Å². The maximum absolute atomic E-state index is 13.7. The highest BCUT2D eigenvalue weighted by Crippen LogP contribution is 2.30. The number of rotatable bonds is 4. The van der Waals surface area contributed by atoms with E-state index >= 15 is 0 Å². The monoisotopic (exact) mass is 446 g/mol. The van der Waals surface area contributed by atoms with Gasteiger partial charge in [0.2, 0.25) is 0 Å². The maximum atomic E-state index is 13.7. The van der Waals surface area contributed by atoms with Crippen molar-refractivity contribution in [2.24, 2.45) is 0 Å². The lowest BCUT2D eigenvalue weighted by molar-refractivity contribution is 0.0773. The predicted octanol–water partition coefficient (Wildman–Crippen LogP) is 4.74. The first kappa shape index (κ1) is 20.1. The molecular weight excluding hydrogens is 424 g/mol. The summed E-state index contributed by atoms with van der Waals surface area (Å²) in [5, 5.41) is 5.87. The fourth-order valence-electron chi connectivity index (χ4n) is 4.45. The van der Waals surface area contributed by atoms with Crippen molar-refractivity contribution in [2.45, 2.75) is 6.42 Å². The zero-order valence-electron chi connectivity index (χ0n) is 18.4. The molecule has 0 radical (unpaired) electrons. The van der Waals surface area contributed by atoms with Gasteiger partial charge in [0, 0.05) is 60.6 Å². The molecule has 0 bridgehead atoms. The number of amides is 1. The van der Waals surface area contributed by atoms with Crippen molar-refractivity contribution in [3.8, 4) is 16.9 Å². The van der Waals surface area contributed by atoms with E-state index < -0.39 is 0 Å². The molecule has 1 N–H and O–H groups in total. The van der Waals surface area contributed by atoms with Crippen LogP contribution in [0.3, 0.4) is 0 Å². The number of carbonyl (C=O) groups excluding carboxylic acids is 1. The van der Waals surface area contributed by atoms with Crippen LogP contribution in [0.15, 0.2) is 91.7 Å². The fourth-order valence-corrected chi connectivity index (χ4v) is 4.45. The molecule has 1 amide bonds. The Morgan fingerprint density at radius 3 is 2.68 bits per heavy atom. The molecule has 7 nitrogen and oxygen atoms in total. The van der Waals surface area contributed by atoms with Crippen molar-refractivity contribution in [3.05, 3.63) is 103 Å². The predicted molar refractivity (Wildman–Crippen MR) is 131 cm³/mol. The van der Waals surface area contributed by atoms with Gasteiger partial charge < -0.3 is 9.88 Å². The molecule has 0 spiro atoms. The average molecular weight is 447 g/mol. The molecule has 1 aliphatic heterocycles. The number of hydrogen-bond acceptors (Lipinski definition) is 4. The molecule has 0 fully saturated rings. The van der Waals surface area contributed by atoms with E-state index in [2.05, 4.69) is 27.1 Å². The average Bonchev–Trinajstić information content (AvgIpc) is 3.55. The van der Waals surface area contributed by atoms with Crippen LogP contribution in [-0.4, -0.2) is 48.6 Å². The number of pyridine rings is 2. The molecule has 1 aliphatic rings. The normalized spacial score (nSPS) is 13.8. The Labute approximate surface area is 196 Å². The third kappa shape index (κ3) is 3.57. The van der Waals surface area contributed by atoms with Gasteiger partial charge >= 0.3 is 0 Å². The van der Waals surface area contributed by atoms with Crippen LogP contribution in [0.25, 0.3) is 33.6 Å². The third-order valence-electron chi connectivity index (χ3n) is 6.19. The molecule has 0 saturated carbocycles. The first-order chi connectivity index (χ1) is 16.8. The Bertz CT molecular complexity index is 1500. The number of para-hydroxylation sites is 1. The van der Waals surface area contributed by atoms with E-state index in [-0.39, 0.29) is 5.91 Å². The highest BCUT2D eigenvalue weighted by Gasteiger charge is 2.25. The molecule has 166 valence electrons. The van der Waals surface area contributed by atoms with E-state index in [0.29, 0.717) is 24.3 Å². The van der Waals surface area contributed by atoms with Gasteiger partial charge in [-0.25, -0.2) is 9.67 Å². The van der Waals surface area contributed by atoms with Crippen LogP contribution in [0.5, 0.6) is 0 Å². The standard InChI is InChI=1S/C27H22N6O/c34-27(32-14-10-19(11-15-32)23-17-30-26-22(23)9-5-13-29-26)24-18-33(21-7-2-1-3-8-21)31-25(24)20-6-4-12-28-16-20/h1-10,12-13,16-18H,11,14-15H2,(H,29,30). The number of benzene rings is 1. The van der Waals surface area contributed by atoms with Gasteiger partial charge in [-0.3, -0.25) is 9.78 Å². The number of aromatic nitrogens is 5. The Hall–Kier alpha value is -4.52. The summed E-state index contributed by atoms with van der Waals surface area (Å²) in [6, 6.07) is 17.6. The van der Waals surface area contributed by atoms with Gasteiger partial charge in [-0.2, -0.15) is 5.10 Å². The highest BCUT2D eigenvalue weighted by atomic mass is 16.2. The summed E-state index contributed by atoms with van der Waals surface area (Å²) in [6.45, 7) is 1.19. The van der Waals surface area contributed by atoms with Crippen LogP contribution in [0, 0.1) is 0 Å². The molecule has 7 heteroatoms. The summed E-state index contributed by atoms with van der Waals surface area (Å²) >= 11 is 0. The van der Waals surface area contributed by atoms with Crippen molar-refractivity contribution in [1.82, 2.24) is 29.6 Å². The lowest BCUT2D eigenvalue weighted by Crippen LogP contribution is -2.34. The van der Waals surface area contributed by atoms with Crippen LogP contribution in [0.2, 0.25) is 0 Å². The Morgan fingerprint density at radius 2 is 1.88 bits per heavy atom. The molecule has 5 heterocycles. The molecule has 34 heavy (non-hydrogen) atoms. The van der Waals surface area contributed by atoms with Gasteiger partial charge in [-0.05, 0) is 48.4 Å². The van der Waals surface area contributed by atoms with Crippen molar-refractivity contribution < 1.29 is 4.79 Å². The summed E-state index contributed by atoms with van der Waals surface area (Å²) in [5.41, 5.74) is 6.20. The SMILES string of the molecule is O=C(c1cn(-c2ccccc2)nc1-c1cccnc1)N1CC=C(c2c[nH]c3ncccc23)CC1. The van der Waals surface area contributed by atoms with Gasteiger partial charge in [0.05, 0.1) is 11.3 Å². The minimum atomic E-state index is -0.0306. The Morgan fingerprint density at radius 1 is 1.00 bits per heavy atom. The molecule has 4 aromatic heterocycles. The zero-order chi connectivity index (χ0) is 22.9. The van der Waals surface area contributed by atoms with Crippen LogP contribution < -0.4 is 0 Å². The van der Waals surface area contributed by atoms with Crippen molar-refractivity contribution in [3.63, 3.8) is 0 Å². The number of aromatic amines is 1. The summed E-state index contributed by atoms with van der Waals surface area (Å²) in [6.07, 6.45) is 12.0. The summed E-state index contributed by atoms with van der Waals surface area (Å²) in [4.78, 5) is 27.4. The highest BCUT2D eigenvalue weighted by molar-refractivity contribution is 6.00. The lowest BCUT2D eigenvalue weighted by atomic mass is 9.99. The second-order valence-corrected chi connectivity index (χ2v) is 8.25. The molecule has 0 aliphatic carbocycles. The molecular formula is C27H22N6O. The second-order valence-electron chi connectivity index (χ2n) is 8.25. The van der Waals surface area contributed by atoms with Gasteiger partial charge in [0.25, 0.3) is 5.91 Å². The smallest absolute Gasteiger partial charge is 0.258 e. The minimum absolute atomic E-state index is 0.0306. The van der Waals surface area contributed by atoms with Crippen LogP contribution in [0.1, 0.15) is 22.3 Å². The Balaban J connectivity index is 1.32. The summed E-state index contributed by atoms with van der Waals surface area (Å²) < 4.78 is 1.76. The zero-order valence-corrected chi connectivity index (χ0v) is 18.4.